The molecule has 1 fully saturated rings. The number of nitrogens with zero attached hydrogens (tertiary/aromatic N) is 3. The number of likely N-dealkylation sites (tertiary alicyclic amines) is 1. The average Bonchev–Trinajstić information content (AvgIpc) is 3.30. The summed E-state index contributed by atoms with van der Waals surface area (Å²) in [5.74, 6) is -2.60. The normalized spacial score (nSPS) is 17.8. The van der Waals surface area contributed by atoms with Gasteiger partial charge < -0.3 is 4.90 Å². The monoisotopic (exact) mass is 533 g/mol. The molecule has 0 aromatic heterocycles. The average molecular weight is 534 g/mol. The van der Waals surface area contributed by atoms with Crippen molar-refractivity contribution in [1.82, 2.24) is 9.80 Å². The van der Waals surface area contributed by atoms with Crippen molar-refractivity contribution in [2.75, 3.05) is 20.1 Å². The third-order valence-corrected chi connectivity index (χ3v) is 6.85. The van der Waals surface area contributed by atoms with Gasteiger partial charge in [-0.25, -0.2) is 8.78 Å². The Hall–Kier alpha value is -3.48. The van der Waals surface area contributed by atoms with Gasteiger partial charge in [-0.1, -0.05) is 23.7 Å². The minimum Gasteiger partial charge on any atom is -0.336 e. The lowest BCUT2D eigenvalue weighted by molar-refractivity contribution is -0.140. The Morgan fingerprint density at radius 1 is 1.05 bits per heavy atom. The smallest absolute Gasteiger partial charge is 0.336 e. The Bertz CT molecular complexity index is 1350. The third kappa shape index (κ3) is 5.76. The van der Waals surface area contributed by atoms with E-state index in [0.29, 0.717) is 28.3 Å². The fourth-order valence-electron chi connectivity index (χ4n) is 4.63. The van der Waals surface area contributed by atoms with E-state index in [9.17, 15) is 26.7 Å². The number of hydrogen-bond donors (Lipinski definition) is 0. The van der Waals surface area contributed by atoms with Gasteiger partial charge >= 0.3 is 6.18 Å². The molecular formula is C27H21ClF5N3O. The van der Waals surface area contributed by atoms with Crippen LogP contribution in [-0.4, -0.2) is 41.9 Å². The summed E-state index contributed by atoms with van der Waals surface area (Å²) in [7, 11) is 1.72. The van der Waals surface area contributed by atoms with Crippen molar-refractivity contribution < 1.29 is 26.7 Å². The van der Waals surface area contributed by atoms with E-state index in [1.165, 1.54) is 30.3 Å². The summed E-state index contributed by atoms with van der Waals surface area (Å²) in [5, 5.41) is 8.96. The fraction of sp³-hybridized carbons (Fsp3) is 0.259. The molecule has 0 bridgehead atoms. The molecule has 0 aliphatic carbocycles. The number of alkyl halides is 3. The van der Waals surface area contributed by atoms with Crippen molar-refractivity contribution in [1.29, 1.82) is 5.26 Å². The molecule has 0 unspecified atom stereocenters. The van der Waals surface area contributed by atoms with Crippen molar-refractivity contribution in [2.45, 2.75) is 24.7 Å². The molecule has 1 aliphatic heterocycles. The summed E-state index contributed by atoms with van der Waals surface area (Å²) < 4.78 is 67.3. The Balaban J connectivity index is 1.61. The molecule has 10 heteroatoms. The Kier molecular flexibility index (Phi) is 7.53. The van der Waals surface area contributed by atoms with E-state index in [2.05, 4.69) is 0 Å². The van der Waals surface area contributed by atoms with E-state index >= 15 is 0 Å². The number of nitriles is 1. The molecule has 3 aromatic carbocycles. The lowest BCUT2D eigenvalue weighted by Crippen LogP contribution is -2.38. The first-order valence-electron chi connectivity index (χ1n) is 11.3. The zero-order chi connectivity index (χ0) is 26.9. The Morgan fingerprint density at radius 2 is 1.76 bits per heavy atom. The number of rotatable bonds is 5. The summed E-state index contributed by atoms with van der Waals surface area (Å²) in [6.07, 6.45) is -4.80. The molecule has 0 radical (unpaired) electrons. The molecule has 4 rings (SSSR count). The molecule has 0 saturated carbocycles. The van der Waals surface area contributed by atoms with E-state index in [0.717, 1.165) is 6.07 Å². The SMILES string of the molecule is CN(Cc1ccc(C(F)(F)F)c(F)c1)[C@H]1CN(C(=O)c2ccc(C#N)cc2)C[C@@H]1c1ccc(Cl)c(F)c1. The van der Waals surface area contributed by atoms with Crippen LogP contribution in [0, 0.1) is 23.0 Å². The van der Waals surface area contributed by atoms with Crippen LogP contribution in [0.1, 0.15) is 38.5 Å². The number of carbonyl (C=O) groups is 1. The van der Waals surface area contributed by atoms with Crippen molar-refractivity contribution in [3.8, 4) is 6.07 Å². The second-order valence-electron chi connectivity index (χ2n) is 8.97. The third-order valence-electron chi connectivity index (χ3n) is 6.55. The molecule has 0 N–H and O–H groups in total. The van der Waals surface area contributed by atoms with Crippen LogP contribution in [0.25, 0.3) is 0 Å². The topological polar surface area (TPSA) is 47.3 Å². The van der Waals surface area contributed by atoms with Crippen LogP contribution in [0.5, 0.6) is 0 Å². The van der Waals surface area contributed by atoms with Crippen molar-refractivity contribution in [3.63, 3.8) is 0 Å². The number of benzene rings is 3. The number of carbonyl (C=O) groups excluding carboxylic acids is 1. The number of amides is 1. The van der Waals surface area contributed by atoms with E-state index in [1.807, 2.05) is 11.0 Å². The molecule has 192 valence electrons. The molecule has 1 heterocycles. The summed E-state index contributed by atoms with van der Waals surface area (Å²) in [5.41, 5.74) is 0.383. The van der Waals surface area contributed by atoms with E-state index in [1.54, 1.807) is 30.1 Å². The highest BCUT2D eigenvalue weighted by atomic mass is 35.5. The first-order chi connectivity index (χ1) is 17.5. The van der Waals surface area contributed by atoms with Crippen molar-refractivity contribution in [2.24, 2.45) is 0 Å². The number of hydrogen-bond acceptors (Lipinski definition) is 3. The molecule has 4 nitrogen and oxygen atoms in total. The van der Waals surface area contributed by atoms with Gasteiger partial charge in [0, 0.05) is 37.2 Å². The van der Waals surface area contributed by atoms with Crippen LogP contribution in [0.3, 0.4) is 0 Å². The second kappa shape index (κ2) is 10.5. The Morgan fingerprint density at radius 3 is 2.35 bits per heavy atom. The molecule has 37 heavy (non-hydrogen) atoms. The lowest BCUT2D eigenvalue weighted by atomic mass is 9.93. The first kappa shape index (κ1) is 26.6. The van der Waals surface area contributed by atoms with E-state index in [-0.39, 0.29) is 42.5 Å². The fourth-order valence-corrected chi connectivity index (χ4v) is 4.75. The summed E-state index contributed by atoms with van der Waals surface area (Å²) in [6, 6.07) is 15.0. The first-order valence-corrected chi connectivity index (χ1v) is 11.7. The van der Waals surface area contributed by atoms with Crippen LogP contribution in [0.2, 0.25) is 5.02 Å². The lowest BCUT2D eigenvalue weighted by Gasteiger charge is -2.29. The largest absolute Gasteiger partial charge is 0.419 e. The van der Waals surface area contributed by atoms with Gasteiger partial charge in [0.25, 0.3) is 5.91 Å². The quantitative estimate of drug-likeness (QED) is 0.364. The van der Waals surface area contributed by atoms with E-state index in [4.69, 9.17) is 16.9 Å². The van der Waals surface area contributed by atoms with Crippen LogP contribution in [-0.2, 0) is 12.7 Å². The standard InChI is InChI=1S/C27H21ClF5N3O/c1-35(13-17-4-8-21(23(29)10-17)27(31,32)33)25-15-36(26(37)18-5-2-16(12-34)3-6-18)14-20(25)19-7-9-22(28)24(30)11-19/h2-11,20,25H,13-15H2,1H3/t20-,25+/m1/s1. The van der Waals surface area contributed by atoms with Crippen LogP contribution < -0.4 is 0 Å². The van der Waals surface area contributed by atoms with Gasteiger partial charge in [-0.05, 0) is 66.7 Å². The predicted octanol–water partition coefficient (Wildman–Crippen LogP) is 6.25. The van der Waals surface area contributed by atoms with Gasteiger partial charge in [-0.3, -0.25) is 9.69 Å². The van der Waals surface area contributed by atoms with Gasteiger partial charge in [0.05, 0.1) is 22.2 Å². The summed E-state index contributed by atoms with van der Waals surface area (Å²) in [6.45, 7) is 0.592. The molecule has 1 saturated heterocycles. The summed E-state index contributed by atoms with van der Waals surface area (Å²) in [4.78, 5) is 16.6. The van der Waals surface area contributed by atoms with Crippen molar-refractivity contribution >= 4 is 17.5 Å². The van der Waals surface area contributed by atoms with Gasteiger partial charge in [0.15, 0.2) is 0 Å². The van der Waals surface area contributed by atoms with Crippen LogP contribution in [0.4, 0.5) is 22.0 Å². The second-order valence-corrected chi connectivity index (χ2v) is 9.38. The van der Waals surface area contributed by atoms with Crippen LogP contribution in [0.15, 0.2) is 60.7 Å². The molecule has 0 spiro atoms. The van der Waals surface area contributed by atoms with E-state index < -0.39 is 23.4 Å². The van der Waals surface area contributed by atoms with Crippen LogP contribution >= 0.6 is 11.6 Å². The molecule has 1 aliphatic rings. The predicted molar refractivity (Wildman–Crippen MR) is 128 cm³/mol. The molecular weight excluding hydrogens is 513 g/mol. The number of halogens is 6. The Labute approximate surface area is 215 Å². The van der Waals surface area contributed by atoms with Crippen molar-refractivity contribution in [3.05, 3.63) is 105 Å². The molecule has 2 atom stereocenters. The minimum atomic E-state index is -4.80. The molecule has 3 aromatic rings. The highest BCUT2D eigenvalue weighted by Crippen LogP contribution is 2.35. The maximum atomic E-state index is 14.3. The van der Waals surface area contributed by atoms with Gasteiger partial charge in [-0.15, -0.1) is 0 Å². The van der Waals surface area contributed by atoms with Gasteiger partial charge in [0.1, 0.15) is 11.6 Å². The highest BCUT2D eigenvalue weighted by molar-refractivity contribution is 6.30. The van der Waals surface area contributed by atoms with Gasteiger partial charge in [0.2, 0.25) is 0 Å². The summed E-state index contributed by atoms with van der Waals surface area (Å²) >= 11 is 5.85. The maximum absolute atomic E-state index is 14.3. The number of likely N-dealkylation sites (N-methyl/N-ethyl adjacent to an activating group) is 1. The maximum Gasteiger partial charge on any atom is 0.419 e. The highest BCUT2D eigenvalue weighted by Gasteiger charge is 2.39. The molecule has 1 amide bonds. The minimum absolute atomic E-state index is 0.0441. The zero-order valence-corrected chi connectivity index (χ0v) is 20.3. The zero-order valence-electron chi connectivity index (χ0n) is 19.6. The van der Waals surface area contributed by atoms with Gasteiger partial charge in [-0.2, -0.15) is 18.4 Å².